The fourth-order valence-electron chi connectivity index (χ4n) is 3.53. The average molecular weight is 552 g/mol. The highest BCUT2D eigenvalue weighted by molar-refractivity contribution is 8.14. The van der Waals surface area contributed by atoms with Crippen LogP contribution in [-0.2, 0) is 25.7 Å². The van der Waals surface area contributed by atoms with Crippen LogP contribution in [0.5, 0.6) is 5.75 Å². The maximum absolute atomic E-state index is 13.6. The van der Waals surface area contributed by atoms with Gasteiger partial charge in [-0.15, -0.1) is 0 Å². The molecule has 0 aliphatic carbocycles. The van der Waals surface area contributed by atoms with Crippen molar-refractivity contribution in [1.82, 2.24) is 5.32 Å². The number of ether oxygens (including phenoxy) is 3. The van der Waals surface area contributed by atoms with Crippen molar-refractivity contribution in [2.75, 3.05) is 13.2 Å². The van der Waals surface area contributed by atoms with Crippen LogP contribution < -0.4 is 10.1 Å². The number of hydrogen-bond acceptors (Lipinski definition) is 7. The zero-order valence-corrected chi connectivity index (χ0v) is 23.0. The van der Waals surface area contributed by atoms with Gasteiger partial charge in [0.25, 0.3) is 0 Å². The number of carbonyl (C=O) groups is 3. The first kappa shape index (κ1) is 29.7. The maximum atomic E-state index is 13.6. The van der Waals surface area contributed by atoms with Crippen LogP contribution in [0.3, 0.4) is 0 Å². The summed E-state index contributed by atoms with van der Waals surface area (Å²) in [5.74, 6) is -0.663. The highest BCUT2D eigenvalue weighted by Crippen LogP contribution is 2.37. The summed E-state index contributed by atoms with van der Waals surface area (Å²) < 4.78 is 16.4. The van der Waals surface area contributed by atoms with Crippen LogP contribution in [-0.4, -0.2) is 47.1 Å². The molecule has 0 saturated heterocycles. The van der Waals surface area contributed by atoms with Crippen LogP contribution >= 0.6 is 11.8 Å². The normalized spacial score (nSPS) is 12.7. The summed E-state index contributed by atoms with van der Waals surface area (Å²) in [6.07, 6.45) is -0.707. The quantitative estimate of drug-likeness (QED) is 0.299. The Morgan fingerprint density at radius 3 is 2.05 bits per heavy atom. The van der Waals surface area contributed by atoms with Crippen LogP contribution in [0.4, 0.5) is 4.79 Å². The smallest absolute Gasteiger partial charge is 0.408 e. The Balaban J connectivity index is 1.79. The molecule has 3 aromatic carbocycles. The number of rotatable bonds is 12. The Kier molecular flexibility index (Phi) is 11.0. The summed E-state index contributed by atoms with van der Waals surface area (Å²) in [6, 6.07) is 25.0. The van der Waals surface area contributed by atoms with Gasteiger partial charge in [-0.3, -0.25) is 4.79 Å². The number of thioether (sulfide) groups is 1. The summed E-state index contributed by atoms with van der Waals surface area (Å²) in [6.45, 7) is 5.04. The van der Waals surface area contributed by atoms with Crippen LogP contribution in [0.15, 0.2) is 84.9 Å². The number of hydrogen-bond donors (Lipinski definition) is 2. The standard InChI is InChI=1S/C30H33NO7S/c1-30(2,3)38-29(35)31-25(19-36-18-21-10-6-4-7-11-21)28(34)39-27(22-12-8-5-9-13-22)23-14-16-24(17-15-23)37-20-26(32)33/h4-17,25,27H,18-20H2,1-3H3,(H,31,35)(H,32,33)/t25-,27?/m0/s1. The van der Waals surface area contributed by atoms with Gasteiger partial charge in [-0.25, -0.2) is 9.59 Å². The Hall–Kier alpha value is -3.82. The van der Waals surface area contributed by atoms with E-state index in [1.807, 2.05) is 60.7 Å². The zero-order valence-electron chi connectivity index (χ0n) is 22.2. The van der Waals surface area contributed by atoms with Crippen LogP contribution in [0.1, 0.15) is 42.7 Å². The van der Waals surface area contributed by atoms with Crippen molar-refractivity contribution >= 4 is 28.9 Å². The van der Waals surface area contributed by atoms with Crippen molar-refractivity contribution in [3.8, 4) is 5.75 Å². The molecule has 39 heavy (non-hydrogen) atoms. The monoisotopic (exact) mass is 551 g/mol. The minimum atomic E-state index is -1.07. The molecule has 0 aromatic heterocycles. The summed E-state index contributed by atoms with van der Waals surface area (Å²) >= 11 is 1.07. The molecule has 0 aliphatic rings. The first-order valence-electron chi connectivity index (χ1n) is 12.4. The van der Waals surface area contributed by atoms with E-state index in [9.17, 15) is 14.4 Å². The summed E-state index contributed by atoms with van der Waals surface area (Å²) in [5.41, 5.74) is 1.91. The van der Waals surface area contributed by atoms with Crippen molar-refractivity contribution in [3.63, 3.8) is 0 Å². The Morgan fingerprint density at radius 2 is 1.46 bits per heavy atom. The van der Waals surface area contributed by atoms with Gasteiger partial charge in [0.15, 0.2) is 6.61 Å². The van der Waals surface area contributed by atoms with E-state index in [0.29, 0.717) is 5.75 Å². The molecule has 1 unspecified atom stereocenters. The SMILES string of the molecule is CC(C)(C)OC(=O)N[C@@H](COCc1ccccc1)C(=O)SC(c1ccccc1)c1ccc(OCC(=O)O)cc1. The Bertz CT molecular complexity index is 1210. The number of amides is 1. The fourth-order valence-corrected chi connectivity index (χ4v) is 4.64. The first-order chi connectivity index (χ1) is 18.6. The van der Waals surface area contributed by atoms with Crippen molar-refractivity contribution in [2.45, 2.75) is 44.3 Å². The van der Waals surface area contributed by atoms with Gasteiger partial charge in [0, 0.05) is 0 Å². The molecule has 0 bridgehead atoms. The largest absolute Gasteiger partial charge is 0.482 e. The molecule has 0 fully saturated rings. The molecule has 2 N–H and O–H groups in total. The van der Waals surface area contributed by atoms with E-state index in [0.717, 1.165) is 28.5 Å². The number of carboxylic acids is 1. The van der Waals surface area contributed by atoms with Gasteiger partial charge in [0.05, 0.1) is 18.5 Å². The number of nitrogens with one attached hydrogen (secondary N) is 1. The third-order valence-electron chi connectivity index (χ3n) is 5.25. The third kappa shape index (κ3) is 10.5. The van der Waals surface area contributed by atoms with Crippen molar-refractivity contribution < 1.29 is 33.7 Å². The lowest BCUT2D eigenvalue weighted by molar-refractivity contribution is -0.139. The molecule has 0 saturated carbocycles. The number of carbonyl (C=O) groups excluding carboxylic acids is 2. The molecule has 9 heteroatoms. The predicted octanol–water partition coefficient (Wildman–Crippen LogP) is 5.61. The van der Waals surface area contributed by atoms with Gasteiger partial charge >= 0.3 is 12.1 Å². The number of alkyl carbamates (subject to hydrolysis) is 1. The molecular weight excluding hydrogens is 518 g/mol. The molecule has 8 nitrogen and oxygen atoms in total. The molecule has 0 radical (unpaired) electrons. The van der Waals surface area contributed by atoms with E-state index in [1.54, 1.807) is 45.0 Å². The fraction of sp³-hybridized carbons (Fsp3) is 0.300. The summed E-state index contributed by atoms with van der Waals surface area (Å²) in [5, 5.41) is 10.8. The molecule has 0 spiro atoms. The van der Waals surface area contributed by atoms with E-state index in [-0.39, 0.29) is 18.3 Å². The molecule has 206 valence electrons. The topological polar surface area (TPSA) is 111 Å². The first-order valence-corrected chi connectivity index (χ1v) is 13.3. The minimum absolute atomic E-state index is 0.0382. The predicted molar refractivity (Wildman–Crippen MR) is 150 cm³/mol. The number of benzene rings is 3. The lowest BCUT2D eigenvalue weighted by atomic mass is 10.0. The molecule has 0 aliphatic heterocycles. The molecule has 3 aromatic rings. The second-order valence-corrected chi connectivity index (χ2v) is 10.8. The average Bonchev–Trinajstić information content (AvgIpc) is 2.90. The van der Waals surface area contributed by atoms with E-state index in [1.165, 1.54) is 0 Å². The summed E-state index contributed by atoms with van der Waals surface area (Å²) in [7, 11) is 0. The van der Waals surface area contributed by atoms with Crippen LogP contribution in [0, 0.1) is 0 Å². The van der Waals surface area contributed by atoms with Gasteiger partial charge in [-0.2, -0.15) is 0 Å². The molecule has 0 heterocycles. The van der Waals surface area contributed by atoms with Gasteiger partial charge in [0.1, 0.15) is 17.4 Å². The van der Waals surface area contributed by atoms with E-state index in [2.05, 4.69) is 5.32 Å². The van der Waals surface area contributed by atoms with Crippen LogP contribution in [0.25, 0.3) is 0 Å². The maximum Gasteiger partial charge on any atom is 0.408 e. The minimum Gasteiger partial charge on any atom is -0.482 e. The lowest BCUT2D eigenvalue weighted by Crippen LogP contribution is -2.45. The van der Waals surface area contributed by atoms with Crippen LogP contribution in [0.2, 0.25) is 0 Å². The molecule has 3 rings (SSSR count). The Labute approximate surface area is 232 Å². The highest BCUT2D eigenvalue weighted by atomic mass is 32.2. The van der Waals surface area contributed by atoms with Crippen molar-refractivity contribution in [1.29, 1.82) is 0 Å². The van der Waals surface area contributed by atoms with Gasteiger partial charge < -0.3 is 24.6 Å². The Morgan fingerprint density at radius 1 is 0.872 bits per heavy atom. The second kappa shape index (κ2) is 14.4. The molecule has 2 atom stereocenters. The third-order valence-corrected chi connectivity index (χ3v) is 6.55. The number of carboxylic acid groups (broad SMARTS) is 1. The lowest BCUT2D eigenvalue weighted by Gasteiger charge is -2.24. The van der Waals surface area contributed by atoms with Gasteiger partial charge in [-0.05, 0) is 49.6 Å². The van der Waals surface area contributed by atoms with Gasteiger partial charge in [-0.1, -0.05) is 84.6 Å². The highest BCUT2D eigenvalue weighted by Gasteiger charge is 2.28. The van der Waals surface area contributed by atoms with E-state index in [4.69, 9.17) is 19.3 Å². The van der Waals surface area contributed by atoms with Crippen molar-refractivity contribution in [3.05, 3.63) is 102 Å². The molecular formula is C30H33NO7S. The van der Waals surface area contributed by atoms with Gasteiger partial charge in [0.2, 0.25) is 5.12 Å². The second-order valence-electron chi connectivity index (χ2n) is 9.68. The number of aliphatic carboxylic acids is 1. The summed E-state index contributed by atoms with van der Waals surface area (Å²) in [4.78, 5) is 37.0. The zero-order chi connectivity index (χ0) is 28.3. The van der Waals surface area contributed by atoms with Crippen molar-refractivity contribution in [2.24, 2.45) is 0 Å². The molecule has 1 amide bonds. The van der Waals surface area contributed by atoms with E-state index >= 15 is 0 Å². The van der Waals surface area contributed by atoms with E-state index < -0.39 is 35.6 Å².